The Kier molecular flexibility index (Phi) is 4.67. The van der Waals surface area contributed by atoms with Gasteiger partial charge in [0.2, 0.25) is 5.95 Å². The van der Waals surface area contributed by atoms with Gasteiger partial charge < -0.3 is 4.42 Å². The molecular weight excluding hydrogens is 470 g/mol. The highest BCUT2D eigenvalue weighted by Crippen LogP contribution is 2.41. The average molecular weight is 494 g/mol. The van der Waals surface area contributed by atoms with Gasteiger partial charge in [-0.25, -0.2) is 4.98 Å². The normalized spacial score (nSPS) is 13.4. The highest BCUT2D eigenvalue weighted by Gasteiger charge is 2.25. The van der Waals surface area contributed by atoms with Crippen LogP contribution in [0.5, 0.6) is 0 Å². The molecular formula is C32H23N5O. The van der Waals surface area contributed by atoms with Crippen LogP contribution in [-0.4, -0.2) is 24.5 Å². The lowest BCUT2D eigenvalue weighted by molar-refractivity contribution is 0.506. The maximum absolute atomic E-state index is 6.39. The second kappa shape index (κ2) is 8.35. The largest absolute Gasteiger partial charge is 0.461 e. The Morgan fingerprint density at radius 3 is 2.13 bits per heavy atom. The van der Waals surface area contributed by atoms with Crippen molar-refractivity contribution in [3.63, 3.8) is 0 Å². The third-order valence-corrected chi connectivity index (χ3v) is 7.53. The van der Waals surface area contributed by atoms with E-state index in [2.05, 4.69) is 21.7 Å². The van der Waals surface area contributed by atoms with Crippen LogP contribution in [0.2, 0.25) is 0 Å². The van der Waals surface area contributed by atoms with Gasteiger partial charge in [-0.05, 0) is 37.5 Å². The Labute approximate surface area is 218 Å². The molecule has 0 N–H and O–H groups in total. The number of hydrogen-bond acceptors (Lipinski definition) is 5. The Hall–Kier alpha value is -4.84. The maximum atomic E-state index is 6.39. The molecule has 4 aromatic heterocycles. The second-order valence-electron chi connectivity index (χ2n) is 9.79. The molecule has 3 aromatic carbocycles. The van der Waals surface area contributed by atoms with E-state index in [9.17, 15) is 0 Å². The summed E-state index contributed by atoms with van der Waals surface area (Å²) >= 11 is 0. The van der Waals surface area contributed by atoms with E-state index in [0.29, 0.717) is 17.6 Å². The molecule has 182 valence electrons. The molecule has 0 aliphatic heterocycles. The molecule has 0 unspecified atom stereocenters. The molecule has 0 bridgehead atoms. The van der Waals surface area contributed by atoms with E-state index in [1.165, 1.54) is 12.0 Å². The smallest absolute Gasteiger partial charge is 0.238 e. The fourth-order valence-electron chi connectivity index (χ4n) is 5.80. The minimum Gasteiger partial charge on any atom is -0.461 e. The number of pyridine rings is 1. The molecule has 4 heterocycles. The third kappa shape index (κ3) is 3.20. The van der Waals surface area contributed by atoms with Crippen molar-refractivity contribution >= 4 is 32.8 Å². The van der Waals surface area contributed by atoms with Gasteiger partial charge in [-0.1, -0.05) is 60.7 Å². The fourth-order valence-corrected chi connectivity index (χ4v) is 5.80. The standard InChI is InChI=1S/C32H23N5O/c1-3-9-20(10-4-1)30-34-31(21-11-5-2-6-12-21)36-32(35-30)37-25-17-18-33-19-24(25)22-15-16-27-28(29(22)37)23-13-7-8-14-26(23)38-27/h1-6,9-12,15-19H,7-8,13-14H2. The van der Waals surface area contributed by atoms with Crippen LogP contribution in [0.3, 0.4) is 0 Å². The van der Waals surface area contributed by atoms with Crippen LogP contribution in [0.25, 0.3) is 61.5 Å². The van der Waals surface area contributed by atoms with Crippen molar-refractivity contribution in [2.45, 2.75) is 25.7 Å². The summed E-state index contributed by atoms with van der Waals surface area (Å²) < 4.78 is 8.57. The topological polar surface area (TPSA) is 69.6 Å². The van der Waals surface area contributed by atoms with Crippen LogP contribution in [0.4, 0.5) is 0 Å². The van der Waals surface area contributed by atoms with Gasteiger partial charge in [0.25, 0.3) is 0 Å². The fraction of sp³-hybridized carbons (Fsp3) is 0.125. The quantitative estimate of drug-likeness (QED) is 0.258. The molecule has 7 aromatic rings. The zero-order valence-electron chi connectivity index (χ0n) is 20.6. The van der Waals surface area contributed by atoms with Crippen LogP contribution < -0.4 is 0 Å². The number of fused-ring (bicyclic) bond motifs is 7. The molecule has 38 heavy (non-hydrogen) atoms. The van der Waals surface area contributed by atoms with E-state index in [1.54, 1.807) is 0 Å². The highest BCUT2D eigenvalue weighted by molar-refractivity contribution is 6.18. The minimum atomic E-state index is 0.585. The van der Waals surface area contributed by atoms with Crippen molar-refractivity contribution in [1.82, 2.24) is 24.5 Å². The van der Waals surface area contributed by atoms with Crippen molar-refractivity contribution in [2.75, 3.05) is 0 Å². The van der Waals surface area contributed by atoms with Gasteiger partial charge in [-0.3, -0.25) is 9.55 Å². The lowest BCUT2D eigenvalue weighted by Gasteiger charge is -2.12. The van der Waals surface area contributed by atoms with Gasteiger partial charge in [-0.15, -0.1) is 0 Å². The lowest BCUT2D eigenvalue weighted by atomic mass is 9.95. The molecule has 0 radical (unpaired) electrons. The summed E-state index contributed by atoms with van der Waals surface area (Å²) in [6, 6.07) is 26.5. The average Bonchev–Trinajstić information content (AvgIpc) is 3.53. The summed E-state index contributed by atoms with van der Waals surface area (Å²) in [6.45, 7) is 0. The van der Waals surface area contributed by atoms with Crippen molar-refractivity contribution in [1.29, 1.82) is 0 Å². The molecule has 0 amide bonds. The zero-order valence-corrected chi connectivity index (χ0v) is 20.6. The number of nitrogens with zero attached hydrogens (tertiary/aromatic N) is 5. The van der Waals surface area contributed by atoms with E-state index >= 15 is 0 Å². The van der Waals surface area contributed by atoms with E-state index < -0.39 is 0 Å². The Bertz CT molecular complexity index is 1910. The summed E-state index contributed by atoms with van der Waals surface area (Å²) in [5, 5.41) is 3.35. The second-order valence-corrected chi connectivity index (χ2v) is 9.79. The van der Waals surface area contributed by atoms with Crippen molar-refractivity contribution < 1.29 is 4.42 Å². The van der Waals surface area contributed by atoms with Crippen LogP contribution in [0, 0.1) is 0 Å². The first kappa shape index (κ1) is 21.3. The summed E-state index contributed by atoms with van der Waals surface area (Å²) in [5.74, 6) is 2.97. The first-order valence-corrected chi connectivity index (χ1v) is 13.0. The van der Waals surface area contributed by atoms with Crippen LogP contribution in [0.1, 0.15) is 24.2 Å². The molecule has 8 rings (SSSR count). The predicted molar refractivity (Wildman–Crippen MR) is 149 cm³/mol. The first-order valence-electron chi connectivity index (χ1n) is 13.0. The van der Waals surface area contributed by atoms with E-state index in [1.807, 2.05) is 79.1 Å². The summed E-state index contributed by atoms with van der Waals surface area (Å²) in [6.07, 6.45) is 8.10. The van der Waals surface area contributed by atoms with E-state index in [4.69, 9.17) is 19.4 Å². The van der Waals surface area contributed by atoms with E-state index in [-0.39, 0.29) is 0 Å². The van der Waals surface area contributed by atoms with Crippen LogP contribution >= 0.6 is 0 Å². The zero-order chi connectivity index (χ0) is 25.1. The molecule has 1 aliphatic rings. The van der Waals surface area contributed by atoms with Crippen molar-refractivity contribution in [2.24, 2.45) is 0 Å². The first-order chi connectivity index (χ1) is 18.8. The van der Waals surface area contributed by atoms with Gasteiger partial charge in [0, 0.05) is 51.7 Å². The Balaban J connectivity index is 1.51. The number of aromatic nitrogens is 5. The number of aryl methyl sites for hydroxylation is 2. The summed E-state index contributed by atoms with van der Waals surface area (Å²) in [4.78, 5) is 19.5. The van der Waals surface area contributed by atoms with Gasteiger partial charge in [0.15, 0.2) is 11.6 Å². The number of hydrogen-bond donors (Lipinski definition) is 0. The van der Waals surface area contributed by atoms with Gasteiger partial charge in [-0.2, -0.15) is 9.97 Å². The summed E-state index contributed by atoms with van der Waals surface area (Å²) in [7, 11) is 0. The van der Waals surface area contributed by atoms with E-state index in [0.717, 1.165) is 68.9 Å². The lowest BCUT2D eigenvalue weighted by Crippen LogP contribution is -2.07. The Morgan fingerprint density at radius 1 is 0.684 bits per heavy atom. The SMILES string of the molecule is c1ccc(-c2nc(-c3ccccc3)nc(-n3c4ccncc4c4ccc5oc6c(c5c43)CCCC6)n2)cc1. The number of rotatable bonds is 3. The highest BCUT2D eigenvalue weighted by atomic mass is 16.3. The van der Waals surface area contributed by atoms with Gasteiger partial charge in [0.05, 0.1) is 11.0 Å². The van der Waals surface area contributed by atoms with Gasteiger partial charge >= 0.3 is 0 Å². The number of benzene rings is 3. The molecule has 0 saturated carbocycles. The molecule has 6 heteroatoms. The minimum absolute atomic E-state index is 0.585. The predicted octanol–water partition coefficient (Wildman–Crippen LogP) is 7.32. The molecule has 6 nitrogen and oxygen atoms in total. The van der Waals surface area contributed by atoms with Crippen LogP contribution in [-0.2, 0) is 12.8 Å². The van der Waals surface area contributed by atoms with Crippen molar-refractivity contribution in [3.05, 3.63) is 103 Å². The monoisotopic (exact) mass is 493 g/mol. The van der Waals surface area contributed by atoms with Crippen LogP contribution in [0.15, 0.2) is 95.7 Å². The van der Waals surface area contributed by atoms with Gasteiger partial charge in [0.1, 0.15) is 11.3 Å². The molecule has 1 aliphatic carbocycles. The number of furan rings is 1. The third-order valence-electron chi connectivity index (χ3n) is 7.53. The Morgan fingerprint density at radius 2 is 1.39 bits per heavy atom. The summed E-state index contributed by atoms with van der Waals surface area (Å²) in [5.41, 5.74) is 6.21. The maximum Gasteiger partial charge on any atom is 0.238 e. The molecule has 0 atom stereocenters. The molecule has 0 saturated heterocycles. The van der Waals surface area contributed by atoms with Crippen molar-refractivity contribution in [3.8, 4) is 28.7 Å². The molecule has 0 spiro atoms. The molecule has 0 fully saturated rings.